The molecule has 0 aliphatic carbocycles. The normalized spacial score (nSPS) is 10.1. The Bertz CT molecular complexity index is 346. The summed E-state index contributed by atoms with van der Waals surface area (Å²) >= 11 is 11.9. The molecular formula is C13H19Cl2F. The Morgan fingerprint density at radius 1 is 1.25 bits per heavy atom. The van der Waals surface area contributed by atoms with Gasteiger partial charge in [-0.15, -0.1) is 0 Å². The number of rotatable bonds is 2. The van der Waals surface area contributed by atoms with Crippen LogP contribution in [0.4, 0.5) is 4.39 Å². The Hall–Kier alpha value is -0.270. The summed E-state index contributed by atoms with van der Waals surface area (Å²) in [6, 6.07) is 1.76. The van der Waals surface area contributed by atoms with E-state index in [1.54, 1.807) is 6.07 Å². The molecule has 0 atom stereocenters. The molecule has 0 radical (unpaired) electrons. The molecule has 3 heteroatoms. The summed E-state index contributed by atoms with van der Waals surface area (Å²) in [5.74, 6) is -0.189. The van der Waals surface area contributed by atoms with Gasteiger partial charge in [0.25, 0.3) is 0 Å². The van der Waals surface area contributed by atoms with Crippen LogP contribution >= 0.6 is 23.2 Å². The molecule has 1 aromatic carbocycles. The van der Waals surface area contributed by atoms with Gasteiger partial charge in [-0.05, 0) is 24.0 Å². The molecule has 0 aromatic heterocycles. The molecule has 0 aliphatic rings. The van der Waals surface area contributed by atoms with E-state index in [9.17, 15) is 4.39 Å². The topological polar surface area (TPSA) is 0 Å². The smallest absolute Gasteiger partial charge is 0.146 e. The summed E-state index contributed by atoms with van der Waals surface area (Å²) in [5, 5.41) is 0.680. The third-order valence-electron chi connectivity index (χ3n) is 2.26. The summed E-state index contributed by atoms with van der Waals surface area (Å²) in [7, 11) is 0. The first-order valence-corrected chi connectivity index (χ1v) is 6.40. The van der Waals surface area contributed by atoms with Crippen LogP contribution in [0.25, 0.3) is 0 Å². The monoisotopic (exact) mass is 264 g/mol. The predicted octanol–water partition coefficient (Wildman–Crippen LogP) is 5.84. The molecule has 0 spiro atoms. The summed E-state index contributed by atoms with van der Waals surface area (Å²) in [5.41, 5.74) is 1.27. The lowest BCUT2D eigenvalue weighted by atomic mass is 10.00. The average molecular weight is 265 g/mol. The zero-order valence-electron chi connectivity index (χ0n) is 10.5. The van der Waals surface area contributed by atoms with E-state index in [0.29, 0.717) is 17.0 Å². The maximum atomic E-state index is 13.7. The van der Waals surface area contributed by atoms with Crippen molar-refractivity contribution in [1.82, 2.24) is 0 Å². The SMILES string of the molecule is CC.CCc1c(Cl)cc(C(C)C)c(Cl)c1F. The first kappa shape index (κ1) is 15.7. The third kappa shape index (κ3) is 3.36. The van der Waals surface area contributed by atoms with Crippen molar-refractivity contribution in [2.75, 3.05) is 0 Å². The molecule has 1 rings (SSSR count). The van der Waals surface area contributed by atoms with E-state index in [4.69, 9.17) is 23.2 Å². The van der Waals surface area contributed by atoms with Gasteiger partial charge in [0.05, 0.1) is 5.02 Å². The molecule has 0 aliphatic heterocycles. The van der Waals surface area contributed by atoms with E-state index in [0.717, 1.165) is 5.56 Å². The van der Waals surface area contributed by atoms with Gasteiger partial charge in [0, 0.05) is 10.6 Å². The van der Waals surface area contributed by atoms with Gasteiger partial charge in [0.1, 0.15) is 5.82 Å². The fraction of sp³-hybridized carbons (Fsp3) is 0.538. The zero-order chi connectivity index (χ0) is 12.9. The lowest BCUT2D eigenvalue weighted by Gasteiger charge is -2.12. The first-order chi connectivity index (χ1) is 7.49. The molecule has 0 N–H and O–H groups in total. The maximum Gasteiger partial charge on any atom is 0.146 e. The molecule has 0 amide bonds. The van der Waals surface area contributed by atoms with Crippen LogP contribution in [0.2, 0.25) is 10.0 Å². The van der Waals surface area contributed by atoms with E-state index >= 15 is 0 Å². The second-order valence-corrected chi connectivity index (χ2v) is 4.35. The van der Waals surface area contributed by atoms with E-state index in [2.05, 4.69) is 0 Å². The van der Waals surface area contributed by atoms with Crippen molar-refractivity contribution in [3.63, 3.8) is 0 Å². The van der Waals surface area contributed by atoms with E-state index < -0.39 is 0 Å². The summed E-state index contributed by atoms with van der Waals surface area (Å²) < 4.78 is 13.7. The van der Waals surface area contributed by atoms with E-state index in [-0.39, 0.29) is 16.8 Å². The number of hydrogen-bond donors (Lipinski definition) is 0. The average Bonchev–Trinajstić information content (AvgIpc) is 2.26. The molecule has 0 unspecified atom stereocenters. The van der Waals surface area contributed by atoms with Crippen molar-refractivity contribution in [3.05, 3.63) is 33.1 Å². The zero-order valence-corrected chi connectivity index (χ0v) is 12.0. The Morgan fingerprint density at radius 3 is 2.12 bits per heavy atom. The Labute approximate surface area is 108 Å². The van der Waals surface area contributed by atoms with Crippen molar-refractivity contribution in [3.8, 4) is 0 Å². The lowest BCUT2D eigenvalue weighted by Crippen LogP contribution is -1.97. The van der Waals surface area contributed by atoms with Crippen molar-refractivity contribution in [2.24, 2.45) is 0 Å². The Balaban J connectivity index is 0.00000106. The van der Waals surface area contributed by atoms with Crippen LogP contribution in [0, 0.1) is 5.82 Å². The van der Waals surface area contributed by atoms with Gasteiger partial charge in [0.15, 0.2) is 0 Å². The van der Waals surface area contributed by atoms with Crippen LogP contribution in [0.1, 0.15) is 51.7 Å². The molecule has 0 saturated carbocycles. The quantitative estimate of drug-likeness (QED) is 0.589. The van der Waals surface area contributed by atoms with Crippen molar-refractivity contribution in [2.45, 2.75) is 47.0 Å². The van der Waals surface area contributed by atoms with Crippen LogP contribution in [0.15, 0.2) is 6.07 Å². The second-order valence-electron chi connectivity index (χ2n) is 3.56. The lowest BCUT2D eigenvalue weighted by molar-refractivity contribution is 0.608. The number of halogens is 3. The van der Waals surface area contributed by atoms with Gasteiger partial charge in [-0.2, -0.15) is 0 Å². The van der Waals surface area contributed by atoms with Crippen LogP contribution in [0.5, 0.6) is 0 Å². The molecular weight excluding hydrogens is 246 g/mol. The van der Waals surface area contributed by atoms with Crippen LogP contribution in [-0.2, 0) is 6.42 Å². The van der Waals surface area contributed by atoms with Gasteiger partial charge in [-0.1, -0.05) is 57.8 Å². The van der Waals surface area contributed by atoms with Crippen molar-refractivity contribution < 1.29 is 4.39 Å². The minimum absolute atomic E-state index is 0.181. The number of hydrogen-bond acceptors (Lipinski definition) is 0. The Kier molecular flexibility index (Phi) is 7.01. The van der Waals surface area contributed by atoms with Crippen LogP contribution in [-0.4, -0.2) is 0 Å². The second kappa shape index (κ2) is 7.13. The standard InChI is InChI=1S/C11H13Cl2F.C2H6/c1-4-7-9(12)5-8(6(2)3)10(13)11(7)14;1-2/h5-6H,4H2,1-3H3;1-2H3. The minimum atomic E-state index is -0.370. The van der Waals surface area contributed by atoms with Gasteiger partial charge >= 0.3 is 0 Å². The van der Waals surface area contributed by atoms with Crippen molar-refractivity contribution >= 4 is 23.2 Å². The van der Waals surface area contributed by atoms with Gasteiger partial charge in [-0.25, -0.2) is 4.39 Å². The van der Waals surface area contributed by atoms with Gasteiger partial charge < -0.3 is 0 Å². The molecule has 16 heavy (non-hydrogen) atoms. The highest BCUT2D eigenvalue weighted by Crippen LogP contribution is 2.33. The fourth-order valence-electron chi connectivity index (χ4n) is 1.40. The summed E-state index contributed by atoms with van der Waals surface area (Å²) in [4.78, 5) is 0. The Morgan fingerprint density at radius 2 is 1.75 bits per heavy atom. The molecule has 1 aromatic rings. The highest BCUT2D eigenvalue weighted by atomic mass is 35.5. The summed E-state index contributed by atoms with van der Waals surface area (Å²) in [6.45, 7) is 9.78. The molecule has 0 saturated heterocycles. The maximum absolute atomic E-state index is 13.7. The van der Waals surface area contributed by atoms with Crippen LogP contribution in [0.3, 0.4) is 0 Å². The molecule has 92 valence electrons. The van der Waals surface area contributed by atoms with E-state index in [1.807, 2.05) is 34.6 Å². The third-order valence-corrected chi connectivity index (χ3v) is 2.98. The number of benzene rings is 1. The van der Waals surface area contributed by atoms with Crippen LogP contribution < -0.4 is 0 Å². The van der Waals surface area contributed by atoms with Crippen molar-refractivity contribution in [1.29, 1.82) is 0 Å². The molecule has 0 fully saturated rings. The molecule has 0 bridgehead atoms. The van der Waals surface area contributed by atoms with E-state index in [1.165, 1.54) is 0 Å². The predicted molar refractivity (Wildman–Crippen MR) is 71.2 cm³/mol. The van der Waals surface area contributed by atoms with Gasteiger partial charge in [0.2, 0.25) is 0 Å². The highest BCUT2D eigenvalue weighted by molar-refractivity contribution is 6.34. The molecule has 0 nitrogen and oxygen atoms in total. The largest absolute Gasteiger partial charge is 0.205 e. The first-order valence-electron chi connectivity index (χ1n) is 5.65. The molecule has 0 heterocycles. The highest BCUT2D eigenvalue weighted by Gasteiger charge is 2.16. The fourth-order valence-corrected chi connectivity index (χ4v) is 2.12. The summed E-state index contributed by atoms with van der Waals surface area (Å²) in [6.07, 6.45) is 0.558. The van der Waals surface area contributed by atoms with Gasteiger partial charge in [-0.3, -0.25) is 0 Å². The minimum Gasteiger partial charge on any atom is -0.205 e.